The molecule has 0 aromatic heterocycles. The quantitative estimate of drug-likeness (QED) is 0.846. The minimum Gasteiger partial charge on any atom is -0.298 e. The molecule has 0 bridgehead atoms. The van der Waals surface area contributed by atoms with Crippen molar-refractivity contribution >= 4 is 31.5 Å². The lowest BCUT2D eigenvalue weighted by Gasteiger charge is -2.08. The average Bonchev–Trinajstić information content (AvgIpc) is 1.94. The first-order valence-electron chi connectivity index (χ1n) is 3.66. The number of hydrogen-bond donors (Lipinski definition) is 2. The molecule has 0 radical (unpaired) electrons. The predicted octanol–water partition coefficient (Wildman–Crippen LogP) is 2.76. The summed E-state index contributed by atoms with van der Waals surface area (Å²) in [5.41, 5.74) is 1.76. The molecule has 72 valence electrons. The Morgan fingerprint density at radius 3 is 2.69 bits per heavy atom. The summed E-state index contributed by atoms with van der Waals surface area (Å²) in [5.74, 6) is 0. The van der Waals surface area contributed by atoms with Gasteiger partial charge in [0.15, 0.2) is 0 Å². The van der Waals surface area contributed by atoms with Crippen molar-refractivity contribution in [1.82, 2.24) is 0 Å². The summed E-state index contributed by atoms with van der Waals surface area (Å²) in [6.07, 6.45) is 1.35. The van der Waals surface area contributed by atoms with Crippen molar-refractivity contribution < 1.29 is 4.21 Å². The molecule has 0 heterocycles. The monoisotopic (exact) mass is 262 g/mol. The van der Waals surface area contributed by atoms with Gasteiger partial charge < -0.3 is 0 Å². The van der Waals surface area contributed by atoms with Gasteiger partial charge in [-0.1, -0.05) is 6.07 Å². The Balaban J connectivity index is 3.08. The van der Waals surface area contributed by atoms with E-state index in [-0.39, 0.29) is 0 Å². The summed E-state index contributed by atoms with van der Waals surface area (Å²) in [6.45, 7) is 1.94. The Hall–Kier alpha value is -0.550. The summed E-state index contributed by atoms with van der Waals surface area (Å²) < 4.78 is 21.8. The summed E-state index contributed by atoms with van der Waals surface area (Å²) in [7, 11) is -2.70. The number of aryl methyl sites for hydroxylation is 1. The van der Waals surface area contributed by atoms with Crippen molar-refractivity contribution in [2.24, 2.45) is 0 Å². The molecule has 1 atom stereocenters. The number of halogens is 1. The van der Waals surface area contributed by atoms with E-state index in [0.29, 0.717) is 5.69 Å². The zero-order valence-electron chi connectivity index (χ0n) is 7.43. The van der Waals surface area contributed by atoms with E-state index < -0.39 is 9.92 Å². The highest BCUT2D eigenvalue weighted by Gasteiger charge is 2.02. The number of hydrogen-bond acceptors (Lipinski definition) is 2. The fraction of sp³-hybridized carbons (Fsp3) is 0.250. The van der Waals surface area contributed by atoms with E-state index in [1.54, 1.807) is 0 Å². The Kier molecular flexibility index (Phi) is 2.98. The normalized spacial score (nSPS) is 15.0. The van der Waals surface area contributed by atoms with Gasteiger partial charge in [-0.05, 0) is 40.5 Å². The first-order chi connectivity index (χ1) is 5.88. The third kappa shape index (κ3) is 3.36. The van der Waals surface area contributed by atoms with Gasteiger partial charge >= 0.3 is 0 Å². The second-order valence-corrected chi connectivity index (χ2v) is 5.67. The number of nitrogens with one attached hydrogen (secondary N) is 2. The minimum absolute atomic E-state index is 0.697. The number of benzene rings is 1. The smallest absolute Gasteiger partial charge is 0.123 e. The van der Waals surface area contributed by atoms with Crippen molar-refractivity contribution in [3.05, 3.63) is 28.2 Å². The molecule has 0 saturated carbocycles. The Labute approximate surface area is 86.8 Å². The maximum Gasteiger partial charge on any atom is 0.123 e. The number of rotatable bonds is 2. The van der Waals surface area contributed by atoms with E-state index >= 15 is 0 Å². The maximum atomic E-state index is 11.2. The van der Waals surface area contributed by atoms with Crippen LogP contribution in [0.3, 0.4) is 0 Å². The SMILES string of the molecule is Cc1ccc(Br)c(NS(C)(=N)=O)c1. The molecule has 0 amide bonds. The van der Waals surface area contributed by atoms with Crippen LogP contribution < -0.4 is 4.72 Å². The summed E-state index contributed by atoms with van der Waals surface area (Å²) in [4.78, 5) is 0. The average molecular weight is 263 g/mol. The zero-order chi connectivity index (χ0) is 10.1. The van der Waals surface area contributed by atoms with Crippen LogP contribution in [0.5, 0.6) is 0 Å². The summed E-state index contributed by atoms with van der Waals surface area (Å²) in [6, 6.07) is 5.65. The molecule has 1 aromatic rings. The Bertz CT molecular complexity index is 414. The van der Waals surface area contributed by atoms with Gasteiger partial charge in [0.25, 0.3) is 0 Å². The lowest BCUT2D eigenvalue weighted by molar-refractivity contribution is 0.682. The van der Waals surface area contributed by atoms with E-state index in [2.05, 4.69) is 20.7 Å². The first-order valence-corrected chi connectivity index (χ1v) is 6.42. The number of anilines is 1. The highest BCUT2D eigenvalue weighted by Crippen LogP contribution is 2.23. The summed E-state index contributed by atoms with van der Waals surface area (Å²) in [5, 5.41) is 0. The fourth-order valence-corrected chi connectivity index (χ4v) is 1.99. The van der Waals surface area contributed by atoms with Gasteiger partial charge in [-0.2, -0.15) is 0 Å². The molecule has 0 spiro atoms. The van der Waals surface area contributed by atoms with Crippen molar-refractivity contribution in [2.45, 2.75) is 6.92 Å². The molecule has 13 heavy (non-hydrogen) atoms. The predicted molar refractivity (Wildman–Crippen MR) is 59.3 cm³/mol. The van der Waals surface area contributed by atoms with E-state index in [9.17, 15) is 4.21 Å². The molecular weight excluding hydrogens is 252 g/mol. The van der Waals surface area contributed by atoms with Gasteiger partial charge in [0, 0.05) is 10.7 Å². The van der Waals surface area contributed by atoms with Crippen LogP contribution >= 0.6 is 15.9 Å². The van der Waals surface area contributed by atoms with Crippen molar-refractivity contribution in [2.75, 3.05) is 11.0 Å². The molecule has 1 rings (SSSR count). The molecular formula is C8H11BrN2OS. The van der Waals surface area contributed by atoms with Gasteiger partial charge in [-0.15, -0.1) is 0 Å². The van der Waals surface area contributed by atoms with Crippen LogP contribution in [-0.4, -0.2) is 10.5 Å². The van der Waals surface area contributed by atoms with Crippen LogP contribution in [0.2, 0.25) is 0 Å². The van der Waals surface area contributed by atoms with E-state index in [1.165, 1.54) is 6.26 Å². The largest absolute Gasteiger partial charge is 0.298 e. The van der Waals surface area contributed by atoms with E-state index in [1.807, 2.05) is 25.1 Å². The fourth-order valence-electron chi connectivity index (χ4n) is 0.927. The highest BCUT2D eigenvalue weighted by atomic mass is 79.9. The summed E-state index contributed by atoms with van der Waals surface area (Å²) >= 11 is 3.31. The van der Waals surface area contributed by atoms with Crippen molar-refractivity contribution in [3.8, 4) is 0 Å². The lowest BCUT2D eigenvalue weighted by Crippen LogP contribution is -2.08. The Morgan fingerprint density at radius 2 is 2.15 bits per heavy atom. The standard InChI is InChI=1S/C8H11BrN2OS/c1-6-3-4-7(9)8(5-6)11-13(2,10)12/h3-5H,1-2H3,(H2,10,11,12). The molecule has 0 aliphatic rings. The van der Waals surface area contributed by atoms with Crippen LogP contribution in [0.4, 0.5) is 5.69 Å². The van der Waals surface area contributed by atoms with Crippen LogP contribution in [-0.2, 0) is 9.92 Å². The van der Waals surface area contributed by atoms with Gasteiger partial charge in [-0.25, -0.2) is 8.99 Å². The van der Waals surface area contributed by atoms with Crippen molar-refractivity contribution in [1.29, 1.82) is 4.78 Å². The minimum atomic E-state index is -2.70. The van der Waals surface area contributed by atoms with Crippen LogP contribution in [0.1, 0.15) is 5.56 Å². The van der Waals surface area contributed by atoms with Crippen LogP contribution in [0, 0.1) is 11.7 Å². The molecule has 5 heteroatoms. The van der Waals surface area contributed by atoms with Crippen LogP contribution in [0.15, 0.2) is 22.7 Å². The second kappa shape index (κ2) is 3.67. The Morgan fingerprint density at radius 1 is 1.54 bits per heavy atom. The first kappa shape index (κ1) is 10.5. The molecule has 2 N–H and O–H groups in total. The third-order valence-electron chi connectivity index (χ3n) is 1.43. The second-order valence-electron chi connectivity index (χ2n) is 2.93. The van der Waals surface area contributed by atoms with Crippen LogP contribution in [0.25, 0.3) is 0 Å². The van der Waals surface area contributed by atoms with Gasteiger partial charge in [-0.3, -0.25) is 4.72 Å². The van der Waals surface area contributed by atoms with Gasteiger partial charge in [0.2, 0.25) is 0 Å². The van der Waals surface area contributed by atoms with Gasteiger partial charge in [0.1, 0.15) is 9.92 Å². The van der Waals surface area contributed by atoms with Gasteiger partial charge in [0.05, 0.1) is 5.69 Å². The molecule has 0 fully saturated rings. The molecule has 1 aromatic carbocycles. The molecule has 3 nitrogen and oxygen atoms in total. The molecule has 0 saturated heterocycles. The maximum absolute atomic E-state index is 11.2. The zero-order valence-corrected chi connectivity index (χ0v) is 9.83. The van der Waals surface area contributed by atoms with E-state index in [0.717, 1.165) is 10.0 Å². The van der Waals surface area contributed by atoms with E-state index in [4.69, 9.17) is 4.78 Å². The molecule has 1 unspecified atom stereocenters. The van der Waals surface area contributed by atoms with Crippen molar-refractivity contribution in [3.63, 3.8) is 0 Å². The topological polar surface area (TPSA) is 53.0 Å². The third-order valence-corrected chi connectivity index (χ3v) is 2.73. The lowest BCUT2D eigenvalue weighted by atomic mass is 10.2. The molecule has 0 aliphatic carbocycles. The molecule has 0 aliphatic heterocycles. The highest BCUT2D eigenvalue weighted by molar-refractivity contribution is 9.10.